The molecule has 166 valence electrons. The summed E-state index contributed by atoms with van der Waals surface area (Å²) in [5, 5.41) is 9.05. The number of methoxy groups -OCH3 is 1. The van der Waals surface area contributed by atoms with Gasteiger partial charge in [0.05, 0.1) is 25.6 Å². The maximum absolute atomic E-state index is 12.5. The number of carbonyl (C=O) groups is 1. The molecule has 1 amide bonds. The molecule has 1 aromatic heterocycles. The number of aromatic nitrogens is 1. The Morgan fingerprint density at radius 1 is 1.29 bits per heavy atom. The molecule has 0 radical (unpaired) electrons. The van der Waals surface area contributed by atoms with E-state index in [1.807, 2.05) is 18.2 Å². The van der Waals surface area contributed by atoms with Crippen molar-refractivity contribution in [2.75, 3.05) is 25.6 Å². The number of rotatable bonds is 8. The van der Waals surface area contributed by atoms with Gasteiger partial charge in [0, 0.05) is 30.9 Å². The third kappa shape index (κ3) is 6.87. The summed E-state index contributed by atoms with van der Waals surface area (Å²) in [6.45, 7) is 5.41. The van der Waals surface area contributed by atoms with Crippen molar-refractivity contribution in [1.29, 1.82) is 0 Å². The minimum absolute atomic E-state index is 0.371. The number of piperidine rings is 1. The quantitative estimate of drug-likeness (QED) is 0.625. The average molecular weight is 427 g/mol. The van der Waals surface area contributed by atoms with Gasteiger partial charge in [-0.2, -0.15) is 5.10 Å². The molecule has 31 heavy (non-hydrogen) atoms. The molecule has 3 rings (SSSR count). The van der Waals surface area contributed by atoms with E-state index in [0.717, 1.165) is 31.5 Å². The van der Waals surface area contributed by atoms with E-state index in [-0.39, 0.29) is 0 Å². The van der Waals surface area contributed by atoms with E-state index in [1.54, 1.807) is 42.7 Å². The molecule has 1 unspecified atom stereocenters. The van der Waals surface area contributed by atoms with Crippen LogP contribution in [0.3, 0.4) is 0 Å². The van der Waals surface area contributed by atoms with Gasteiger partial charge in [0.2, 0.25) is 0 Å². The Morgan fingerprint density at radius 3 is 2.90 bits per heavy atom. The van der Waals surface area contributed by atoms with Crippen LogP contribution in [0.2, 0.25) is 0 Å². The van der Waals surface area contributed by atoms with Gasteiger partial charge in [-0.25, -0.2) is 4.79 Å². The summed E-state index contributed by atoms with van der Waals surface area (Å²) in [4.78, 5) is 16.8. The van der Waals surface area contributed by atoms with E-state index in [1.165, 1.54) is 0 Å². The first kappa shape index (κ1) is 22.4. The topological polar surface area (TPSA) is 85.3 Å². The zero-order valence-electron chi connectivity index (χ0n) is 18.3. The van der Waals surface area contributed by atoms with E-state index in [4.69, 9.17) is 14.2 Å². The Hall–Kier alpha value is -3.29. The Labute approximate surface area is 183 Å². The zero-order valence-corrected chi connectivity index (χ0v) is 18.3. The normalized spacial score (nSPS) is 16.4. The van der Waals surface area contributed by atoms with Gasteiger partial charge in [0.15, 0.2) is 17.7 Å². The van der Waals surface area contributed by atoms with Gasteiger partial charge in [0.25, 0.3) is 0 Å². The summed E-state index contributed by atoms with van der Waals surface area (Å²) in [6, 6.07) is 10.9. The maximum Gasteiger partial charge on any atom is 0.413 e. The van der Waals surface area contributed by atoms with E-state index < -0.39 is 12.3 Å². The number of hydrogen-bond acceptors (Lipinski definition) is 7. The Balaban J connectivity index is 1.62. The molecule has 2 heterocycles. The standard InChI is InChI=1S/C23H30N4O4/c1-17(2)16-30-21-14-18(10-11-20(21)29-3)26-23(28)31-22-9-5-7-13-27(22)25-15-19-8-4-6-12-24-19/h4,6,8,10-12,14-15,17,22H,5,7,9,13,16H2,1-3H3,(H,26,28). The Kier molecular flexibility index (Phi) is 8.09. The molecule has 1 aliphatic rings. The highest BCUT2D eigenvalue weighted by Crippen LogP contribution is 2.31. The number of benzene rings is 1. The fourth-order valence-electron chi connectivity index (χ4n) is 3.12. The Bertz CT molecular complexity index is 873. The molecule has 1 fully saturated rings. The van der Waals surface area contributed by atoms with Gasteiger partial charge in [-0.3, -0.25) is 15.3 Å². The summed E-state index contributed by atoms with van der Waals surface area (Å²) >= 11 is 0. The molecule has 1 aromatic carbocycles. The summed E-state index contributed by atoms with van der Waals surface area (Å²) < 4.78 is 16.8. The van der Waals surface area contributed by atoms with Gasteiger partial charge in [-0.1, -0.05) is 19.9 Å². The van der Waals surface area contributed by atoms with Gasteiger partial charge in [-0.15, -0.1) is 0 Å². The van der Waals surface area contributed by atoms with Gasteiger partial charge in [-0.05, 0) is 43.0 Å². The average Bonchev–Trinajstić information content (AvgIpc) is 2.78. The fraction of sp³-hybridized carbons (Fsp3) is 0.435. The third-order valence-corrected chi connectivity index (χ3v) is 4.67. The van der Waals surface area contributed by atoms with Crippen molar-refractivity contribution in [1.82, 2.24) is 9.99 Å². The summed E-state index contributed by atoms with van der Waals surface area (Å²) in [5.41, 5.74) is 1.33. The van der Waals surface area contributed by atoms with Crippen LogP contribution in [-0.4, -0.2) is 48.8 Å². The summed E-state index contributed by atoms with van der Waals surface area (Å²) in [6.07, 6.45) is 5.13. The fourth-order valence-corrected chi connectivity index (χ4v) is 3.12. The highest BCUT2D eigenvalue weighted by molar-refractivity contribution is 5.85. The lowest BCUT2D eigenvalue weighted by Gasteiger charge is -2.32. The van der Waals surface area contributed by atoms with Crippen molar-refractivity contribution in [2.45, 2.75) is 39.3 Å². The number of pyridine rings is 1. The minimum atomic E-state index is -0.537. The van der Waals surface area contributed by atoms with Crippen LogP contribution < -0.4 is 14.8 Å². The largest absolute Gasteiger partial charge is 0.493 e. The van der Waals surface area contributed by atoms with E-state index in [0.29, 0.717) is 29.7 Å². The van der Waals surface area contributed by atoms with Crippen molar-refractivity contribution in [3.8, 4) is 11.5 Å². The van der Waals surface area contributed by atoms with Crippen molar-refractivity contribution < 1.29 is 19.0 Å². The van der Waals surface area contributed by atoms with E-state index >= 15 is 0 Å². The number of ether oxygens (including phenoxy) is 3. The highest BCUT2D eigenvalue weighted by Gasteiger charge is 2.25. The predicted molar refractivity (Wildman–Crippen MR) is 120 cm³/mol. The van der Waals surface area contributed by atoms with Crippen LogP contribution in [0.5, 0.6) is 11.5 Å². The molecular formula is C23H30N4O4. The van der Waals surface area contributed by atoms with Crippen LogP contribution in [0.15, 0.2) is 47.7 Å². The molecule has 0 aliphatic carbocycles. The first-order valence-corrected chi connectivity index (χ1v) is 10.6. The number of nitrogens with one attached hydrogen (secondary N) is 1. The lowest BCUT2D eigenvalue weighted by molar-refractivity contribution is -0.0297. The molecule has 0 spiro atoms. The van der Waals surface area contributed by atoms with Gasteiger partial charge >= 0.3 is 6.09 Å². The van der Waals surface area contributed by atoms with Crippen molar-refractivity contribution >= 4 is 18.0 Å². The number of carbonyl (C=O) groups excluding carboxylic acids is 1. The third-order valence-electron chi connectivity index (χ3n) is 4.67. The molecule has 2 aromatic rings. The van der Waals surface area contributed by atoms with Crippen LogP contribution >= 0.6 is 0 Å². The van der Waals surface area contributed by atoms with Crippen LogP contribution in [-0.2, 0) is 4.74 Å². The molecule has 1 aliphatic heterocycles. The molecular weight excluding hydrogens is 396 g/mol. The van der Waals surface area contributed by atoms with Crippen molar-refractivity contribution in [3.63, 3.8) is 0 Å². The summed E-state index contributed by atoms with van der Waals surface area (Å²) in [5.74, 6) is 1.56. The zero-order chi connectivity index (χ0) is 22.1. The minimum Gasteiger partial charge on any atom is -0.493 e. The van der Waals surface area contributed by atoms with Crippen LogP contribution in [0.25, 0.3) is 0 Å². The maximum atomic E-state index is 12.5. The molecule has 8 nitrogen and oxygen atoms in total. The van der Waals surface area contributed by atoms with Crippen molar-refractivity contribution in [3.05, 3.63) is 48.3 Å². The molecule has 1 N–H and O–H groups in total. The number of hydrogen-bond donors (Lipinski definition) is 1. The molecule has 8 heteroatoms. The van der Waals surface area contributed by atoms with E-state index in [9.17, 15) is 4.79 Å². The second-order valence-corrected chi connectivity index (χ2v) is 7.71. The SMILES string of the molecule is COc1ccc(NC(=O)OC2CCCCN2N=Cc2ccccn2)cc1OCC(C)C. The molecule has 0 saturated carbocycles. The van der Waals surface area contributed by atoms with Crippen LogP contribution in [0.1, 0.15) is 38.8 Å². The van der Waals surface area contributed by atoms with Crippen molar-refractivity contribution in [2.24, 2.45) is 11.0 Å². The molecule has 1 saturated heterocycles. The smallest absolute Gasteiger partial charge is 0.413 e. The van der Waals surface area contributed by atoms with Crippen LogP contribution in [0.4, 0.5) is 10.5 Å². The second kappa shape index (κ2) is 11.2. The number of amides is 1. The monoisotopic (exact) mass is 426 g/mol. The first-order valence-electron chi connectivity index (χ1n) is 10.6. The number of nitrogens with zero attached hydrogens (tertiary/aromatic N) is 3. The first-order chi connectivity index (χ1) is 15.0. The second-order valence-electron chi connectivity index (χ2n) is 7.71. The number of hydrazone groups is 1. The molecule has 0 bridgehead atoms. The lowest BCUT2D eigenvalue weighted by atomic mass is 10.1. The van der Waals surface area contributed by atoms with E-state index in [2.05, 4.69) is 29.2 Å². The highest BCUT2D eigenvalue weighted by atomic mass is 16.6. The number of anilines is 1. The Morgan fingerprint density at radius 2 is 2.16 bits per heavy atom. The summed E-state index contributed by atoms with van der Waals surface area (Å²) in [7, 11) is 1.59. The predicted octanol–water partition coefficient (Wildman–Crippen LogP) is 4.52. The lowest BCUT2D eigenvalue weighted by Crippen LogP contribution is -2.40. The van der Waals surface area contributed by atoms with Gasteiger partial charge in [0.1, 0.15) is 0 Å². The molecule has 1 atom stereocenters. The van der Waals surface area contributed by atoms with Gasteiger partial charge < -0.3 is 14.2 Å². The van der Waals surface area contributed by atoms with Crippen LogP contribution in [0, 0.1) is 5.92 Å².